The maximum absolute atomic E-state index is 13.3. The molecule has 2 atom stereocenters. The zero-order chi connectivity index (χ0) is 28.3. The van der Waals surface area contributed by atoms with Gasteiger partial charge in [-0.3, -0.25) is 9.59 Å². The summed E-state index contributed by atoms with van der Waals surface area (Å²) in [6, 6.07) is 19.1. The molecule has 7 rings (SSSR count). The summed E-state index contributed by atoms with van der Waals surface area (Å²) in [5, 5.41) is 0. The van der Waals surface area contributed by atoms with Crippen LogP contribution in [-0.4, -0.2) is 61.9 Å². The summed E-state index contributed by atoms with van der Waals surface area (Å²) in [5.74, 6) is 0.317. The Hall–Kier alpha value is -3.71. The van der Waals surface area contributed by atoms with Gasteiger partial charge >= 0.3 is 0 Å². The second-order valence-corrected chi connectivity index (χ2v) is 12.0. The van der Waals surface area contributed by atoms with Crippen LogP contribution in [0.3, 0.4) is 0 Å². The highest BCUT2D eigenvalue weighted by Crippen LogP contribution is 2.51. The normalized spacial score (nSPS) is 25.0. The fourth-order valence-electron chi connectivity index (χ4n) is 7.46. The largest absolute Gasteiger partial charge is 0.496 e. The molecule has 2 unspecified atom stereocenters. The first-order valence-electron chi connectivity index (χ1n) is 14.7. The van der Waals surface area contributed by atoms with Crippen molar-refractivity contribution in [2.24, 2.45) is 0 Å². The van der Waals surface area contributed by atoms with Gasteiger partial charge in [0.15, 0.2) is 5.41 Å². The molecule has 0 N–H and O–H groups in total. The zero-order valence-corrected chi connectivity index (χ0v) is 23.6. The standard InChI is InChI=1S/C34H35FN2O4/c1-36-15-13-21-17-30(31(40-2)18-22(21)14-16-36)34(32(38)33(34)39)23-3-7-25(8-4-23)37-26-9-10-27(37)20-29(19-26)41-28-11-5-24(35)6-12-28/h3-8,11-12,17-18,26-27,29H,9-10,13-16,19-20H2,1-2H3. The molecular weight excluding hydrogens is 519 g/mol. The Labute approximate surface area is 240 Å². The van der Waals surface area contributed by atoms with Gasteiger partial charge in [-0.25, -0.2) is 4.39 Å². The Bertz CT molecular complexity index is 1470. The molecule has 1 aliphatic carbocycles. The minimum Gasteiger partial charge on any atom is -0.496 e. The van der Waals surface area contributed by atoms with E-state index in [1.165, 1.54) is 23.3 Å². The van der Waals surface area contributed by atoms with Crippen molar-refractivity contribution in [3.8, 4) is 11.5 Å². The van der Waals surface area contributed by atoms with Crippen LogP contribution in [0.5, 0.6) is 11.5 Å². The predicted molar refractivity (Wildman–Crippen MR) is 154 cm³/mol. The van der Waals surface area contributed by atoms with Gasteiger partial charge in [0.2, 0.25) is 11.6 Å². The Balaban J connectivity index is 1.15. The number of anilines is 1. The van der Waals surface area contributed by atoms with Crippen LogP contribution < -0.4 is 14.4 Å². The third kappa shape index (κ3) is 4.33. The number of fused-ring (bicyclic) bond motifs is 3. The zero-order valence-electron chi connectivity index (χ0n) is 23.6. The molecule has 6 nitrogen and oxygen atoms in total. The number of carbonyl (C=O) groups is 2. The number of rotatable bonds is 6. The quantitative estimate of drug-likeness (QED) is 0.320. The van der Waals surface area contributed by atoms with Gasteiger partial charge in [-0.05, 0) is 98.0 Å². The second-order valence-electron chi connectivity index (χ2n) is 12.0. The minimum absolute atomic E-state index is 0.0962. The smallest absolute Gasteiger partial charge is 0.223 e. The van der Waals surface area contributed by atoms with Gasteiger partial charge in [0.1, 0.15) is 23.4 Å². The number of halogens is 1. The van der Waals surface area contributed by atoms with E-state index >= 15 is 0 Å². The summed E-state index contributed by atoms with van der Waals surface area (Å²) in [4.78, 5) is 31.1. The molecular formula is C34H35FN2O4. The van der Waals surface area contributed by atoms with E-state index in [9.17, 15) is 14.0 Å². The van der Waals surface area contributed by atoms with E-state index in [1.54, 1.807) is 19.2 Å². The molecule has 3 heterocycles. The lowest BCUT2D eigenvalue weighted by atomic mass is 9.84. The lowest BCUT2D eigenvalue weighted by Crippen LogP contribution is -2.46. The summed E-state index contributed by atoms with van der Waals surface area (Å²) >= 11 is 0. The summed E-state index contributed by atoms with van der Waals surface area (Å²) in [7, 11) is 3.73. The van der Waals surface area contributed by atoms with Crippen molar-refractivity contribution in [3.63, 3.8) is 0 Å². The molecule has 212 valence electrons. The molecule has 0 amide bonds. The Morgan fingerprint density at radius 1 is 0.854 bits per heavy atom. The molecule has 0 aromatic heterocycles. The van der Waals surface area contributed by atoms with Gasteiger partial charge in [-0.15, -0.1) is 0 Å². The van der Waals surface area contributed by atoms with Crippen molar-refractivity contribution in [1.82, 2.24) is 4.90 Å². The van der Waals surface area contributed by atoms with Crippen molar-refractivity contribution < 1.29 is 23.5 Å². The molecule has 2 saturated heterocycles. The molecule has 3 aromatic carbocycles. The number of carbonyl (C=O) groups excluding carboxylic acids is 2. The van der Waals surface area contributed by atoms with Crippen LogP contribution in [0.25, 0.3) is 0 Å². The molecule has 3 fully saturated rings. The van der Waals surface area contributed by atoms with Gasteiger partial charge in [-0.2, -0.15) is 0 Å². The van der Waals surface area contributed by atoms with Crippen LogP contribution in [0.4, 0.5) is 10.1 Å². The SMILES string of the molecule is COc1cc2c(cc1C1(c3ccc(N4C5CCC4CC(Oc4ccc(F)cc4)C5)cc3)C(=O)C1=O)CCN(C)CC2. The molecule has 3 aromatic rings. The summed E-state index contributed by atoms with van der Waals surface area (Å²) in [6.07, 6.45) is 5.88. The van der Waals surface area contributed by atoms with Crippen molar-refractivity contribution in [3.05, 3.63) is 88.7 Å². The van der Waals surface area contributed by atoms with Crippen LogP contribution in [0.1, 0.15) is 47.9 Å². The van der Waals surface area contributed by atoms with Gasteiger partial charge < -0.3 is 19.3 Å². The molecule has 41 heavy (non-hydrogen) atoms. The monoisotopic (exact) mass is 554 g/mol. The topological polar surface area (TPSA) is 59.1 Å². The molecule has 0 spiro atoms. The average Bonchev–Trinajstić information content (AvgIpc) is 3.49. The van der Waals surface area contributed by atoms with Gasteiger partial charge in [0.05, 0.1) is 7.11 Å². The maximum Gasteiger partial charge on any atom is 0.223 e. The molecule has 0 radical (unpaired) electrons. The molecule has 1 saturated carbocycles. The van der Waals surface area contributed by atoms with Crippen molar-refractivity contribution in [1.29, 1.82) is 0 Å². The highest BCUT2D eigenvalue weighted by Gasteiger charge is 2.68. The van der Waals surface area contributed by atoms with Crippen LogP contribution in [0, 0.1) is 5.82 Å². The highest BCUT2D eigenvalue weighted by atomic mass is 19.1. The number of likely N-dealkylation sites (N-methyl/N-ethyl adjacent to an activating group) is 1. The number of nitrogens with zero attached hydrogens (tertiary/aromatic N) is 2. The summed E-state index contributed by atoms with van der Waals surface area (Å²) < 4.78 is 25.3. The van der Waals surface area contributed by atoms with Crippen LogP contribution in [0.15, 0.2) is 60.7 Å². The van der Waals surface area contributed by atoms with Crippen molar-refractivity contribution in [2.75, 3.05) is 32.1 Å². The lowest BCUT2D eigenvalue weighted by molar-refractivity contribution is -0.122. The first-order valence-corrected chi connectivity index (χ1v) is 14.7. The Kier molecular flexibility index (Phi) is 6.38. The lowest BCUT2D eigenvalue weighted by Gasteiger charge is -2.40. The summed E-state index contributed by atoms with van der Waals surface area (Å²) in [5.41, 5.74) is 3.62. The van der Waals surface area contributed by atoms with Crippen molar-refractivity contribution in [2.45, 2.75) is 62.1 Å². The predicted octanol–water partition coefficient (Wildman–Crippen LogP) is 4.88. The fourth-order valence-corrected chi connectivity index (χ4v) is 7.46. The summed E-state index contributed by atoms with van der Waals surface area (Å²) in [6.45, 7) is 1.91. The van der Waals surface area contributed by atoms with Gasteiger partial charge in [0.25, 0.3) is 0 Å². The first kappa shape index (κ1) is 26.2. The third-order valence-corrected chi connectivity index (χ3v) is 9.68. The van der Waals surface area contributed by atoms with E-state index < -0.39 is 5.41 Å². The Morgan fingerprint density at radius 2 is 1.46 bits per heavy atom. The Morgan fingerprint density at radius 3 is 2.05 bits per heavy atom. The van der Waals surface area contributed by atoms with E-state index in [-0.39, 0.29) is 23.5 Å². The number of piperidine rings is 1. The van der Waals surface area contributed by atoms with Crippen LogP contribution >= 0.6 is 0 Å². The van der Waals surface area contributed by atoms with E-state index in [4.69, 9.17) is 9.47 Å². The van der Waals surface area contributed by atoms with E-state index in [0.717, 1.165) is 57.3 Å². The van der Waals surface area contributed by atoms with Crippen LogP contribution in [0.2, 0.25) is 0 Å². The second kappa shape index (κ2) is 9.98. The average molecular weight is 555 g/mol. The van der Waals surface area contributed by atoms with E-state index in [0.29, 0.717) is 34.7 Å². The molecule has 4 aliphatic rings. The fraction of sp³-hybridized carbons (Fsp3) is 0.412. The highest BCUT2D eigenvalue weighted by molar-refractivity contribution is 6.68. The number of Topliss-reactive ketones (excluding diaryl/α,β-unsaturated/α-hetero) is 2. The van der Waals surface area contributed by atoms with Gasteiger partial charge in [0, 0.05) is 49.3 Å². The number of ketones is 2. The molecule has 3 aliphatic heterocycles. The number of ether oxygens (including phenoxy) is 2. The number of hydrogen-bond acceptors (Lipinski definition) is 6. The number of methoxy groups -OCH3 is 1. The van der Waals surface area contributed by atoms with Crippen molar-refractivity contribution >= 4 is 17.3 Å². The number of hydrogen-bond donors (Lipinski definition) is 0. The number of benzene rings is 3. The van der Waals surface area contributed by atoms with Gasteiger partial charge in [-0.1, -0.05) is 12.1 Å². The van der Waals surface area contributed by atoms with Crippen LogP contribution in [-0.2, 0) is 27.8 Å². The van der Waals surface area contributed by atoms with E-state index in [2.05, 4.69) is 35.0 Å². The maximum atomic E-state index is 13.3. The molecule has 7 heteroatoms. The minimum atomic E-state index is -1.29. The molecule has 2 bridgehead atoms. The van der Waals surface area contributed by atoms with E-state index in [1.807, 2.05) is 18.2 Å². The first-order chi connectivity index (χ1) is 19.9. The third-order valence-electron chi connectivity index (χ3n) is 9.68.